The van der Waals surface area contributed by atoms with Crippen molar-refractivity contribution in [3.05, 3.63) is 104 Å². The van der Waals surface area contributed by atoms with Gasteiger partial charge in [0.25, 0.3) is 0 Å². The largest absolute Gasteiger partial charge is 0.497 e. The van der Waals surface area contributed by atoms with Gasteiger partial charge < -0.3 is 29.3 Å². The molecule has 3 aromatic carbocycles. The Kier molecular flexibility index (Phi) is 10.4. The maximum absolute atomic E-state index is 6.29. The van der Waals surface area contributed by atoms with Crippen LogP contribution in [0.5, 0.6) is 17.2 Å². The molecule has 2 heterocycles. The maximum atomic E-state index is 6.29. The lowest BCUT2D eigenvalue weighted by Crippen LogP contribution is -2.09. The minimum atomic E-state index is 0.208. The molecule has 0 bridgehead atoms. The van der Waals surface area contributed by atoms with Crippen LogP contribution in [-0.4, -0.2) is 35.4 Å². The molecule has 0 atom stereocenters. The van der Waals surface area contributed by atoms with E-state index in [1.165, 1.54) is 0 Å². The monoisotopic (exact) mass is 697 g/mol. The predicted octanol–water partition coefficient (Wildman–Crippen LogP) is 7.93. The van der Waals surface area contributed by atoms with Crippen molar-refractivity contribution in [1.82, 2.24) is 15.0 Å². The van der Waals surface area contributed by atoms with E-state index in [1.54, 1.807) is 44.9 Å². The van der Waals surface area contributed by atoms with Crippen LogP contribution in [0.4, 0.5) is 23.5 Å². The van der Waals surface area contributed by atoms with E-state index < -0.39 is 0 Å². The van der Waals surface area contributed by atoms with E-state index in [9.17, 15) is 0 Å². The second-order valence-electron chi connectivity index (χ2n) is 9.02. The summed E-state index contributed by atoms with van der Waals surface area (Å²) in [4.78, 5) is 13.4. The molecule has 5 aromatic rings. The number of furan rings is 1. The fourth-order valence-electron chi connectivity index (χ4n) is 3.85. The first-order valence-electron chi connectivity index (χ1n) is 13.1. The second kappa shape index (κ2) is 14.8. The lowest BCUT2D eigenvalue weighted by atomic mass is 10.2. The molecular formula is C30H26BrCl2N7O4. The Hall–Kier alpha value is -4.52. The fraction of sp³-hybridized carbons (Fsp3) is 0.133. The number of benzene rings is 3. The zero-order chi connectivity index (χ0) is 30.9. The van der Waals surface area contributed by atoms with Gasteiger partial charge in [-0.25, -0.2) is 5.43 Å². The minimum Gasteiger partial charge on any atom is -0.497 e. The Labute approximate surface area is 271 Å². The van der Waals surface area contributed by atoms with Gasteiger partial charge >= 0.3 is 0 Å². The summed E-state index contributed by atoms with van der Waals surface area (Å²) in [5.41, 5.74) is 5.15. The van der Waals surface area contributed by atoms with E-state index >= 15 is 0 Å². The summed E-state index contributed by atoms with van der Waals surface area (Å²) in [5.74, 6) is 3.31. The van der Waals surface area contributed by atoms with E-state index in [2.05, 4.69) is 52.0 Å². The molecule has 0 radical (unpaired) electrons. The van der Waals surface area contributed by atoms with E-state index in [0.717, 1.165) is 28.3 Å². The van der Waals surface area contributed by atoms with Gasteiger partial charge in [-0.15, -0.1) is 0 Å². The van der Waals surface area contributed by atoms with Crippen molar-refractivity contribution >= 4 is 68.9 Å². The first kappa shape index (κ1) is 30.9. The van der Waals surface area contributed by atoms with Crippen LogP contribution in [-0.2, 0) is 13.2 Å². The number of hydrazone groups is 1. The van der Waals surface area contributed by atoms with Crippen molar-refractivity contribution in [2.75, 3.05) is 30.3 Å². The molecule has 0 aliphatic heterocycles. The highest BCUT2D eigenvalue weighted by Gasteiger charge is 2.13. The van der Waals surface area contributed by atoms with Gasteiger partial charge in [0.2, 0.25) is 17.8 Å². The highest BCUT2D eigenvalue weighted by atomic mass is 79.9. The molecule has 0 fully saturated rings. The first-order chi connectivity index (χ1) is 21.4. The van der Waals surface area contributed by atoms with Crippen molar-refractivity contribution < 1.29 is 18.6 Å². The average molecular weight is 699 g/mol. The van der Waals surface area contributed by atoms with Crippen molar-refractivity contribution in [3.8, 4) is 17.2 Å². The van der Waals surface area contributed by atoms with Crippen molar-refractivity contribution in [3.63, 3.8) is 0 Å². The predicted molar refractivity (Wildman–Crippen MR) is 175 cm³/mol. The highest BCUT2D eigenvalue weighted by molar-refractivity contribution is 9.10. The number of hydrogen-bond acceptors (Lipinski definition) is 11. The molecule has 0 spiro atoms. The van der Waals surface area contributed by atoms with E-state index in [4.69, 9.17) is 41.8 Å². The van der Waals surface area contributed by atoms with Crippen LogP contribution in [0.2, 0.25) is 10.0 Å². The Balaban J connectivity index is 1.31. The molecule has 14 heteroatoms. The second-order valence-corrected chi connectivity index (χ2v) is 10.7. The third kappa shape index (κ3) is 8.31. The van der Waals surface area contributed by atoms with Crippen LogP contribution in [0.1, 0.15) is 16.9 Å². The highest BCUT2D eigenvalue weighted by Crippen LogP contribution is 2.37. The quantitative estimate of drug-likeness (QED) is 0.0824. The molecule has 226 valence electrons. The number of methoxy groups -OCH3 is 2. The minimum absolute atomic E-state index is 0.208. The molecule has 3 N–H and O–H groups in total. The summed E-state index contributed by atoms with van der Waals surface area (Å²) in [6, 6.07) is 19.9. The van der Waals surface area contributed by atoms with Gasteiger partial charge in [-0.3, -0.25) is 0 Å². The first-order valence-corrected chi connectivity index (χ1v) is 14.6. The van der Waals surface area contributed by atoms with Gasteiger partial charge in [0.1, 0.15) is 18.1 Å². The Morgan fingerprint density at radius 2 is 1.73 bits per heavy atom. The fourth-order valence-corrected chi connectivity index (χ4v) is 4.89. The number of rotatable bonds is 13. The third-order valence-corrected chi connectivity index (χ3v) is 7.18. The van der Waals surface area contributed by atoms with Gasteiger partial charge in [-0.2, -0.15) is 20.1 Å². The Morgan fingerprint density at radius 1 is 0.932 bits per heavy atom. The summed E-state index contributed by atoms with van der Waals surface area (Å²) >= 11 is 15.9. The molecule has 44 heavy (non-hydrogen) atoms. The Bertz CT molecular complexity index is 1740. The summed E-state index contributed by atoms with van der Waals surface area (Å²) in [6.45, 7) is 0.608. The molecular weight excluding hydrogens is 673 g/mol. The zero-order valence-corrected chi connectivity index (χ0v) is 26.6. The molecule has 0 saturated carbocycles. The summed E-state index contributed by atoms with van der Waals surface area (Å²) in [6.07, 6.45) is 3.20. The lowest BCUT2D eigenvalue weighted by Gasteiger charge is -2.14. The van der Waals surface area contributed by atoms with Crippen LogP contribution in [0.15, 0.2) is 87.0 Å². The zero-order valence-electron chi connectivity index (χ0n) is 23.5. The van der Waals surface area contributed by atoms with E-state index in [-0.39, 0.29) is 12.6 Å². The van der Waals surface area contributed by atoms with Crippen LogP contribution >= 0.6 is 39.1 Å². The maximum Gasteiger partial charge on any atom is 0.250 e. The van der Waals surface area contributed by atoms with Gasteiger partial charge in [0, 0.05) is 21.3 Å². The van der Waals surface area contributed by atoms with Crippen LogP contribution in [0, 0.1) is 0 Å². The summed E-state index contributed by atoms with van der Waals surface area (Å²) in [5, 5.41) is 11.7. The van der Waals surface area contributed by atoms with Crippen molar-refractivity contribution in [2.24, 2.45) is 5.10 Å². The number of aromatic nitrogens is 3. The van der Waals surface area contributed by atoms with Crippen molar-refractivity contribution in [2.45, 2.75) is 13.2 Å². The number of nitrogens with zero attached hydrogens (tertiary/aromatic N) is 4. The summed E-state index contributed by atoms with van der Waals surface area (Å²) in [7, 11) is 3.17. The van der Waals surface area contributed by atoms with Gasteiger partial charge in [-0.05, 0) is 82.2 Å². The average Bonchev–Trinajstić information content (AvgIpc) is 3.54. The Morgan fingerprint density at radius 3 is 2.45 bits per heavy atom. The molecule has 0 saturated heterocycles. The number of nitrogens with one attached hydrogen (secondary N) is 3. The summed E-state index contributed by atoms with van der Waals surface area (Å²) < 4.78 is 22.9. The smallest absolute Gasteiger partial charge is 0.250 e. The van der Waals surface area contributed by atoms with E-state index in [1.807, 2.05) is 48.5 Å². The van der Waals surface area contributed by atoms with Crippen LogP contribution in [0.3, 0.4) is 0 Å². The molecule has 5 rings (SSSR count). The third-order valence-electron chi connectivity index (χ3n) is 6.00. The molecule has 11 nitrogen and oxygen atoms in total. The number of ether oxygens (including phenoxy) is 3. The molecule has 2 aromatic heterocycles. The number of anilines is 4. The molecule has 0 amide bonds. The van der Waals surface area contributed by atoms with E-state index in [0.29, 0.717) is 44.5 Å². The van der Waals surface area contributed by atoms with Crippen LogP contribution in [0.25, 0.3) is 0 Å². The number of hydrogen-bond donors (Lipinski definition) is 3. The van der Waals surface area contributed by atoms with Crippen molar-refractivity contribution in [1.29, 1.82) is 0 Å². The molecule has 0 aliphatic carbocycles. The standard InChI is InChI=1S/C30H26BrCl2N7O4/c1-41-22-9-7-21(8-10-22)36-29-37-28(34-16-23-4-3-11-43-23)38-30(39-29)40-35-15-18-12-24(31)27(26(13-18)42-2)44-17-19-5-6-20(32)14-25(19)33/h3-15H,16-17H2,1-2H3,(H3,34,36,37,38,39,40)/b35-15+. The van der Waals surface area contributed by atoms with Gasteiger partial charge in [-0.1, -0.05) is 29.3 Å². The number of halogens is 3. The van der Waals surface area contributed by atoms with Gasteiger partial charge in [0.15, 0.2) is 11.5 Å². The molecule has 0 aliphatic rings. The molecule has 0 unspecified atom stereocenters. The van der Waals surface area contributed by atoms with Gasteiger partial charge in [0.05, 0.1) is 37.7 Å². The topological polar surface area (TPSA) is 128 Å². The van der Waals surface area contributed by atoms with Crippen LogP contribution < -0.4 is 30.3 Å². The SMILES string of the molecule is COc1ccc(Nc2nc(NCc3ccco3)nc(N/N=C/c3cc(Br)c(OCc4ccc(Cl)cc4Cl)c(OC)c3)n2)cc1. The normalized spacial score (nSPS) is 10.9. The lowest BCUT2D eigenvalue weighted by molar-refractivity contribution is 0.282.